The van der Waals surface area contributed by atoms with Gasteiger partial charge in [0.15, 0.2) is 0 Å². The Kier molecular flexibility index (Phi) is 4.16. The molecule has 0 radical (unpaired) electrons. The van der Waals surface area contributed by atoms with Crippen LogP contribution in [0.15, 0.2) is 0 Å². The fourth-order valence-corrected chi connectivity index (χ4v) is 3.23. The molecule has 0 aromatic carbocycles. The number of hydrogen-bond acceptors (Lipinski definition) is 4. The van der Waals surface area contributed by atoms with Crippen molar-refractivity contribution < 1.29 is 19.4 Å². The zero-order valence-electron chi connectivity index (χ0n) is 13.1. The van der Waals surface area contributed by atoms with E-state index in [9.17, 15) is 19.4 Å². The Balaban J connectivity index is 3.27. The van der Waals surface area contributed by atoms with Crippen LogP contribution >= 0.6 is 0 Å². The molecule has 7 heteroatoms. The Labute approximate surface area is 120 Å². The Hall–Kier alpha value is -1.24. The van der Waals surface area contributed by atoms with Crippen molar-refractivity contribution in [1.29, 1.82) is 0 Å². The van der Waals surface area contributed by atoms with Gasteiger partial charge in [0.1, 0.15) is 0 Å². The molecule has 1 aliphatic rings. The molecule has 0 aromatic rings. The zero-order chi connectivity index (χ0) is 15.9. The number of likely N-dealkylation sites (N-methyl/N-ethyl adjacent to an activating group) is 1. The van der Waals surface area contributed by atoms with Crippen LogP contribution in [0.2, 0.25) is 0 Å². The maximum atomic E-state index is 12.8. The van der Waals surface area contributed by atoms with Gasteiger partial charge in [-0.2, -0.15) is 0 Å². The second-order valence-electron chi connectivity index (χ2n) is 6.81. The molecule has 0 aromatic heterocycles. The number of carboxylic acid groups (broad SMARTS) is 1. The molecule has 1 saturated heterocycles. The van der Waals surface area contributed by atoms with E-state index in [1.165, 1.54) is 18.7 Å². The van der Waals surface area contributed by atoms with Crippen LogP contribution in [0.3, 0.4) is 0 Å². The number of amides is 1. The van der Waals surface area contributed by atoms with Crippen molar-refractivity contribution in [2.24, 2.45) is 0 Å². The predicted molar refractivity (Wildman–Crippen MR) is 74.7 cm³/mol. The Morgan fingerprint density at radius 3 is 2.35 bits per heavy atom. The minimum absolute atomic E-state index is 0.139. The molecule has 1 amide bonds. The monoisotopic (exact) mass is 282 g/mol. The van der Waals surface area contributed by atoms with Crippen LogP contribution in [0, 0.1) is 0 Å². The van der Waals surface area contributed by atoms with Crippen molar-refractivity contribution in [3.63, 3.8) is 0 Å². The predicted octanol–water partition coefficient (Wildman–Crippen LogP) is 0.558. The molecule has 1 atom stereocenters. The zero-order valence-corrected chi connectivity index (χ0v) is 13.1. The van der Waals surface area contributed by atoms with E-state index in [0.717, 1.165) is 7.15 Å². The summed E-state index contributed by atoms with van der Waals surface area (Å²) in [7, 11) is 2.45. The molecule has 1 aliphatic heterocycles. The molecular formula is C13H23BN2O4. The topological polar surface area (TPSA) is 77.9 Å². The molecule has 1 rings (SSSR count). The molecule has 0 aliphatic carbocycles. The van der Waals surface area contributed by atoms with E-state index in [1.807, 2.05) is 13.8 Å². The second kappa shape index (κ2) is 4.95. The van der Waals surface area contributed by atoms with Gasteiger partial charge in [0.25, 0.3) is 0 Å². The number of rotatable bonds is 5. The standard InChI is InChI=1S/C13H23BN2O4/c1-11(2)7-13(5,15(6)8-14-20)9(17)16(11)12(3,4)10(18)19/h7-8H2,1-6H3,(H,18,19). The van der Waals surface area contributed by atoms with Gasteiger partial charge >= 0.3 is 119 Å². The van der Waals surface area contributed by atoms with E-state index >= 15 is 0 Å². The number of likely N-dealkylation sites (tertiary alicyclic amines) is 1. The van der Waals surface area contributed by atoms with E-state index in [0.29, 0.717) is 6.42 Å². The van der Waals surface area contributed by atoms with Gasteiger partial charge < -0.3 is 0 Å². The number of carbonyl (C=O) groups excluding carboxylic acids is 1. The molecule has 112 valence electrons. The summed E-state index contributed by atoms with van der Waals surface area (Å²) in [5, 5.41) is 9.40. The Morgan fingerprint density at radius 1 is 1.45 bits per heavy atom. The molecule has 1 heterocycles. The first-order valence-electron chi connectivity index (χ1n) is 6.64. The number of aliphatic carboxylic acids is 1. The number of carboxylic acids is 1. The average Bonchev–Trinajstić information content (AvgIpc) is 2.46. The SMILES string of the molecule is CN(CB=O)C1(C)CC(C)(C)N(C(C)(C)C(=O)O)C1=O. The van der Waals surface area contributed by atoms with Gasteiger partial charge in [0.05, 0.1) is 0 Å². The summed E-state index contributed by atoms with van der Waals surface area (Å²) >= 11 is 0. The van der Waals surface area contributed by atoms with Crippen LogP contribution in [0.25, 0.3) is 0 Å². The van der Waals surface area contributed by atoms with Crippen LogP contribution < -0.4 is 0 Å². The van der Waals surface area contributed by atoms with Crippen molar-refractivity contribution in [3.05, 3.63) is 0 Å². The van der Waals surface area contributed by atoms with Crippen LogP contribution in [-0.2, 0) is 14.3 Å². The molecule has 1 unspecified atom stereocenters. The number of carbonyl (C=O) groups is 2. The minimum atomic E-state index is -1.29. The van der Waals surface area contributed by atoms with E-state index < -0.39 is 22.6 Å². The Morgan fingerprint density at radius 2 is 1.95 bits per heavy atom. The molecule has 6 nitrogen and oxygen atoms in total. The molecule has 20 heavy (non-hydrogen) atoms. The van der Waals surface area contributed by atoms with Crippen molar-refractivity contribution in [2.75, 3.05) is 13.5 Å². The second-order valence-corrected chi connectivity index (χ2v) is 6.81. The van der Waals surface area contributed by atoms with Gasteiger partial charge in [-0.15, -0.1) is 0 Å². The quantitative estimate of drug-likeness (QED) is 0.745. The average molecular weight is 282 g/mol. The van der Waals surface area contributed by atoms with Crippen molar-refractivity contribution >= 4 is 19.0 Å². The van der Waals surface area contributed by atoms with Crippen molar-refractivity contribution in [1.82, 2.24) is 9.80 Å². The van der Waals surface area contributed by atoms with Gasteiger partial charge in [-0.25, -0.2) is 0 Å². The summed E-state index contributed by atoms with van der Waals surface area (Å²) in [4.78, 5) is 27.4. The third-order valence-corrected chi connectivity index (χ3v) is 4.32. The molecule has 0 spiro atoms. The molecule has 0 saturated carbocycles. The first-order valence-corrected chi connectivity index (χ1v) is 6.64. The molecule has 1 N–H and O–H groups in total. The van der Waals surface area contributed by atoms with Crippen molar-refractivity contribution in [2.45, 2.75) is 57.7 Å². The molecular weight excluding hydrogens is 259 g/mol. The number of nitrogens with zero attached hydrogens (tertiary/aromatic N) is 2. The third-order valence-electron chi connectivity index (χ3n) is 4.32. The Bertz CT molecular complexity index is 450. The van der Waals surface area contributed by atoms with Gasteiger partial charge in [-0.1, -0.05) is 0 Å². The van der Waals surface area contributed by atoms with E-state index in [-0.39, 0.29) is 12.4 Å². The molecule has 1 fully saturated rings. The third kappa shape index (κ3) is 2.39. The first kappa shape index (κ1) is 16.8. The van der Waals surface area contributed by atoms with Crippen LogP contribution in [0.5, 0.6) is 0 Å². The maximum absolute atomic E-state index is 12.8. The summed E-state index contributed by atoms with van der Waals surface area (Å²) in [5.41, 5.74) is -2.75. The van der Waals surface area contributed by atoms with Crippen molar-refractivity contribution in [3.8, 4) is 0 Å². The first-order chi connectivity index (χ1) is 8.91. The fourth-order valence-electron chi connectivity index (χ4n) is 3.23. The van der Waals surface area contributed by atoms with Crippen LogP contribution in [0.1, 0.15) is 41.0 Å². The van der Waals surface area contributed by atoms with Crippen LogP contribution in [0.4, 0.5) is 0 Å². The van der Waals surface area contributed by atoms with Gasteiger partial charge in [-0.05, 0) is 0 Å². The fraction of sp³-hybridized carbons (Fsp3) is 0.846. The van der Waals surface area contributed by atoms with E-state index in [2.05, 4.69) is 0 Å². The summed E-state index contributed by atoms with van der Waals surface area (Å²) in [5.74, 6) is -1.29. The van der Waals surface area contributed by atoms with E-state index in [1.54, 1.807) is 18.9 Å². The number of hydrogen-bond donors (Lipinski definition) is 1. The van der Waals surface area contributed by atoms with E-state index in [4.69, 9.17) is 0 Å². The summed E-state index contributed by atoms with van der Waals surface area (Å²) in [6, 6.07) is 0. The summed E-state index contributed by atoms with van der Waals surface area (Å²) in [6.07, 6.45) is 0.611. The van der Waals surface area contributed by atoms with Gasteiger partial charge in [0.2, 0.25) is 0 Å². The summed E-state index contributed by atoms with van der Waals surface area (Å²) in [6.45, 7) is 8.53. The molecule has 0 bridgehead atoms. The van der Waals surface area contributed by atoms with Gasteiger partial charge in [-0.3, -0.25) is 0 Å². The van der Waals surface area contributed by atoms with Crippen LogP contribution in [-0.4, -0.2) is 64.0 Å². The van der Waals surface area contributed by atoms with Gasteiger partial charge in [0, 0.05) is 0 Å². The summed E-state index contributed by atoms with van der Waals surface area (Å²) < 4.78 is 10.7. The normalized spacial score (nSPS) is 25.9.